The van der Waals surface area contributed by atoms with Gasteiger partial charge in [-0.1, -0.05) is 17.3 Å². The number of rotatable bonds is 4. The van der Waals surface area contributed by atoms with Crippen LogP contribution in [0.4, 0.5) is 0 Å². The molecule has 0 unspecified atom stereocenters. The topological polar surface area (TPSA) is 101 Å². The Labute approximate surface area is 109 Å². The van der Waals surface area contributed by atoms with E-state index in [2.05, 4.69) is 10.1 Å². The number of amidine groups is 1. The van der Waals surface area contributed by atoms with Crippen molar-refractivity contribution in [2.75, 3.05) is 0 Å². The van der Waals surface area contributed by atoms with Gasteiger partial charge >= 0.3 is 0 Å². The highest BCUT2D eigenvalue weighted by Gasteiger charge is 2.04. The van der Waals surface area contributed by atoms with E-state index in [1.807, 2.05) is 0 Å². The van der Waals surface area contributed by atoms with Crippen LogP contribution in [0.2, 0.25) is 0 Å². The quantitative estimate of drug-likeness (QED) is 0.334. The lowest BCUT2D eigenvalue weighted by atomic mass is 10.2. The summed E-state index contributed by atoms with van der Waals surface area (Å²) in [7, 11) is 0. The van der Waals surface area contributed by atoms with E-state index in [-0.39, 0.29) is 12.4 Å². The highest BCUT2D eigenvalue weighted by molar-refractivity contribution is 5.95. The number of nitrogens with two attached hydrogens (primary N) is 1. The zero-order valence-corrected chi connectivity index (χ0v) is 10.0. The fourth-order valence-corrected chi connectivity index (χ4v) is 1.51. The van der Waals surface area contributed by atoms with E-state index in [1.165, 1.54) is 6.20 Å². The molecule has 4 N–H and O–H groups in total. The normalized spacial score (nSPS) is 11.3. The molecule has 6 heteroatoms. The summed E-state index contributed by atoms with van der Waals surface area (Å²) in [6.45, 7) is -0.0527. The van der Waals surface area contributed by atoms with Gasteiger partial charge in [0.05, 0.1) is 6.61 Å². The highest BCUT2D eigenvalue weighted by Crippen LogP contribution is 2.22. The van der Waals surface area contributed by atoms with Crippen LogP contribution in [-0.2, 0) is 6.61 Å². The number of ether oxygens (including phenoxy) is 1. The van der Waals surface area contributed by atoms with Crippen molar-refractivity contribution in [2.45, 2.75) is 6.61 Å². The van der Waals surface area contributed by atoms with Crippen LogP contribution in [0.5, 0.6) is 11.5 Å². The van der Waals surface area contributed by atoms with Crippen LogP contribution in [0.1, 0.15) is 11.3 Å². The maximum atomic E-state index is 9.05. The highest BCUT2D eigenvalue weighted by atomic mass is 16.5. The molecule has 98 valence electrons. The van der Waals surface area contributed by atoms with Crippen LogP contribution in [0.3, 0.4) is 0 Å². The predicted octanol–water partition coefficient (Wildman–Crippen LogP) is 1.46. The minimum Gasteiger partial charge on any atom is -0.457 e. The molecule has 2 rings (SSSR count). The van der Waals surface area contributed by atoms with Gasteiger partial charge in [0, 0.05) is 12.3 Å². The molecule has 1 heterocycles. The van der Waals surface area contributed by atoms with Crippen molar-refractivity contribution < 1.29 is 15.1 Å². The molecule has 0 bridgehead atoms. The van der Waals surface area contributed by atoms with E-state index in [1.54, 1.807) is 36.4 Å². The third-order valence-corrected chi connectivity index (χ3v) is 2.42. The number of hydrogen-bond acceptors (Lipinski definition) is 5. The number of benzene rings is 1. The summed E-state index contributed by atoms with van der Waals surface area (Å²) < 4.78 is 5.61. The minimum atomic E-state index is -0.0884. The molecule has 0 amide bonds. The molecule has 0 saturated heterocycles. The van der Waals surface area contributed by atoms with Gasteiger partial charge in [0.1, 0.15) is 17.2 Å². The van der Waals surface area contributed by atoms with Gasteiger partial charge in [0.15, 0.2) is 5.84 Å². The molecule has 0 aliphatic heterocycles. The number of pyridine rings is 1. The van der Waals surface area contributed by atoms with Crippen molar-refractivity contribution in [1.82, 2.24) is 4.98 Å². The van der Waals surface area contributed by atoms with E-state index in [9.17, 15) is 0 Å². The zero-order valence-electron chi connectivity index (χ0n) is 10.0. The number of oxime groups is 1. The first-order valence-electron chi connectivity index (χ1n) is 5.54. The van der Waals surface area contributed by atoms with E-state index >= 15 is 0 Å². The molecule has 0 aliphatic rings. The minimum absolute atomic E-state index is 0.0527. The van der Waals surface area contributed by atoms with Gasteiger partial charge in [-0.15, -0.1) is 0 Å². The van der Waals surface area contributed by atoms with E-state index < -0.39 is 0 Å². The summed E-state index contributed by atoms with van der Waals surface area (Å²) in [4.78, 5) is 3.95. The van der Waals surface area contributed by atoms with Crippen LogP contribution in [0.25, 0.3) is 0 Å². The van der Waals surface area contributed by atoms with Crippen molar-refractivity contribution >= 4 is 5.84 Å². The average Bonchev–Trinajstić information content (AvgIpc) is 2.47. The smallest absolute Gasteiger partial charge is 0.188 e. The SMILES string of the molecule is NC(=NO)c1cc(Oc2cccc(CO)c2)ccn1. The molecule has 0 atom stereocenters. The van der Waals surface area contributed by atoms with Gasteiger partial charge in [0.2, 0.25) is 0 Å². The summed E-state index contributed by atoms with van der Waals surface area (Å²) in [5, 5.41) is 20.5. The molecular formula is C13H13N3O3. The molecule has 1 aromatic heterocycles. The Kier molecular flexibility index (Phi) is 3.94. The Morgan fingerprint density at radius 3 is 2.79 bits per heavy atom. The van der Waals surface area contributed by atoms with E-state index in [0.717, 1.165) is 5.56 Å². The average molecular weight is 259 g/mol. The molecule has 1 aromatic carbocycles. The van der Waals surface area contributed by atoms with Crippen molar-refractivity contribution in [3.8, 4) is 11.5 Å². The Hall–Kier alpha value is -2.60. The second-order valence-corrected chi connectivity index (χ2v) is 3.77. The fraction of sp³-hybridized carbons (Fsp3) is 0.0769. The lowest BCUT2D eigenvalue weighted by molar-refractivity contribution is 0.281. The van der Waals surface area contributed by atoms with Crippen molar-refractivity contribution in [3.63, 3.8) is 0 Å². The second kappa shape index (κ2) is 5.83. The molecule has 6 nitrogen and oxygen atoms in total. The zero-order chi connectivity index (χ0) is 13.7. The number of nitrogens with zero attached hydrogens (tertiary/aromatic N) is 2. The second-order valence-electron chi connectivity index (χ2n) is 3.77. The molecule has 0 saturated carbocycles. The predicted molar refractivity (Wildman–Crippen MR) is 69.2 cm³/mol. The summed E-state index contributed by atoms with van der Waals surface area (Å²) in [6.07, 6.45) is 1.50. The molecule has 0 radical (unpaired) electrons. The monoisotopic (exact) mass is 259 g/mol. The summed E-state index contributed by atoms with van der Waals surface area (Å²) in [6, 6.07) is 10.3. The van der Waals surface area contributed by atoms with Gasteiger partial charge in [0.25, 0.3) is 0 Å². The van der Waals surface area contributed by atoms with Crippen LogP contribution in [-0.4, -0.2) is 21.1 Å². The molecule has 19 heavy (non-hydrogen) atoms. The third-order valence-electron chi connectivity index (χ3n) is 2.42. The lowest BCUT2D eigenvalue weighted by Crippen LogP contribution is -2.14. The summed E-state index contributed by atoms with van der Waals surface area (Å²) >= 11 is 0. The first-order chi connectivity index (χ1) is 9.22. The van der Waals surface area contributed by atoms with Crippen LogP contribution in [0, 0.1) is 0 Å². The first kappa shape index (κ1) is 12.8. The van der Waals surface area contributed by atoms with Crippen LogP contribution >= 0.6 is 0 Å². The van der Waals surface area contributed by atoms with E-state index in [4.69, 9.17) is 20.8 Å². The van der Waals surface area contributed by atoms with Crippen molar-refractivity contribution in [2.24, 2.45) is 10.9 Å². The molecular weight excluding hydrogens is 246 g/mol. The molecule has 2 aromatic rings. The van der Waals surface area contributed by atoms with Crippen LogP contribution in [0.15, 0.2) is 47.8 Å². The maximum absolute atomic E-state index is 9.05. The van der Waals surface area contributed by atoms with Gasteiger partial charge < -0.3 is 20.8 Å². The number of aliphatic hydroxyl groups is 1. The molecule has 0 fully saturated rings. The fourth-order valence-electron chi connectivity index (χ4n) is 1.51. The van der Waals surface area contributed by atoms with Crippen LogP contribution < -0.4 is 10.5 Å². The van der Waals surface area contributed by atoms with Gasteiger partial charge in [-0.3, -0.25) is 4.98 Å². The lowest BCUT2D eigenvalue weighted by Gasteiger charge is -2.07. The number of hydrogen-bond donors (Lipinski definition) is 3. The van der Waals surface area contributed by atoms with E-state index in [0.29, 0.717) is 17.2 Å². The van der Waals surface area contributed by atoms with Gasteiger partial charge in [-0.25, -0.2) is 0 Å². The Balaban J connectivity index is 2.23. The Morgan fingerprint density at radius 1 is 1.26 bits per heavy atom. The van der Waals surface area contributed by atoms with Gasteiger partial charge in [-0.05, 0) is 23.8 Å². The summed E-state index contributed by atoms with van der Waals surface area (Å²) in [5.74, 6) is 1.00. The Bertz CT molecular complexity index is 599. The van der Waals surface area contributed by atoms with Gasteiger partial charge in [-0.2, -0.15) is 0 Å². The standard InChI is InChI=1S/C13H13N3O3/c14-13(16-18)12-7-11(4-5-15-12)19-10-3-1-2-9(6-10)8-17/h1-7,17-18H,8H2,(H2,14,16). The largest absolute Gasteiger partial charge is 0.457 e. The third kappa shape index (κ3) is 3.20. The number of aromatic nitrogens is 1. The summed E-state index contributed by atoms with van der Waals surface area (Å²) in [5.41, 5.74) is 6.52. The maximum Gasteiger partial charge on any atom is 0.188 e. The van der Waals surface area contributed by atoms with Crippen molar-refractivity contribution in [1.29, 1.82) is 0 Å². The molecule has 0 spiro atoms. The van der Waals surface area contributed by atoms with Crippen molar-refractivity contribution in [3.05, 3.63) is 53.9 Å². The molecule has 0 aliphatic carbocycles. The Morgan fingerprint density at radius 2 is 2.05 bits per heavy atom. The first-order valence-corrected chi connectivity index (χ1v) is 5.54. The number of aliphatic hydroxyl groups excluding tert-OH is 1.